The van der Waals surface area contributed by atoms with Crippen molar-refractivity contribution in [2.24, 2.45) is 0 Å². The SMILES string of the molecule is CCN(C(=O)c1cc(Nc2cc(C)cc(C)c2)ccn1)c1ccccc1. The molecule has 4 nitrogen and oxygen atoms in total. The van der Waals surface area contributed by atoms with Crippen LogP contribution < -0.4 is 10.2 Å². The van der Waals surface area contributed by atoms with E-state index in [2.05, 4.69) is 42.3 Å². The first-order chi connectivity index (χ1) is 12.6. The monoisotopic (exact) mass is 345 g/mol. The molecule has 2 aromatic carbocycles. The third-order valence-corrected chi connectivity index (χ3v) is 4.12. The van der Waals surface area contributed by atoms with Gasteiger partial charge in [-0.2, -0.15) is 0 Å². The Morgan fingerprint density at radius 1 is 0.962 bits per heavy atom. The van der Waals surface area contributed by atoms with Gasteiger partial charge in [0.2, 0.25) is 0 Å². The summed E-state index contributed by atoms with van der Waals surface area (Å²) in [5, 5.41) is 3.37. The summed E-state index contributed by atoms with van der Waals surface area (Å²) in [4.78, 5) is 18.9. The molecule has 1 aromatic heterocycles. The molecule has 0 bridgehead atoms. The van der Waals surface area contributed by atoms with Crippen molar-refractivity contribution < 1.29 is 4.79 Å². The summed E-state index contributed by atoms with van der Waals surface area (Å²) >= 11 is 0. The number of benzene rings is 2. The number of nitrogens with zero attached hydrogens (tertiary/aromatic N) is 2. The van der Waals surface area contributed by atoms with Gasteiger partial charge in [0.25, 0.3) is 5.91 Å². The van der Waals surface area contributed by atoms with E-state index in [-0.39, 0.29) is 5.91 Å². The van der Waals surface area contributed by atoms with Crippen molar-refractivity contribution in [2.45, 2.75) is 20.8 Å². The lowest BCUT2D eigenvalue weighted by Gasteiger charge is -2.20. The fraction of sp³-hybridized carbons (Fsp3) is 0.182. The molecule has 132 valence electrons. The fourth-order valence-electron chi connectivity index (χ4n) is 3.03. The molecule has 1 amide bonds. The zero-order chi connectivity index (χ0) is 18.5. The molecule has 4 heteroatoms. The maximum atomic E-state index is 12.9. The summed E-state index contributed by atoms with van der Waals surface area (Å²) in [6, 6.07) is 19.6. The van der Waals surface area contributed by atoms with Crippen molar-refractivity contribution >= 4 is 23.0 Å². The van der Waals surface area contributed by atoms with Crippen LogP contribution in [0.2, 0.25) is 0 Å². The molecule has 1 heterocycles. The van der Waals surface area contributed by atoms with Crippen LogP contribution in [-0.4, -0.2) is 17.4 Å². The molecule has 0 atom stereocenters. The van der Waals surface area contributed by atoms with Gasteiger partial charge in [-0.1, -0.05) is 24.3 Å². The first kappa shape index (κ1) is 17.7. The smallest absolute Gasteiger partial charge is 0.276 e. The number of para-hydroxylation sites is 1. The van der Waals surface area contributed by atoms with Crippen LogP contribution in [0.15, 0.2) is 66.9 Å². The van der Waals surface area contributed by atoms with Crippen molar-refractivity contribution in [2.75, 3.05) is 16.8 Å². The molecule has 3 rings (SSSR count). The summed E-state index contributed by atoms with van der Waals surface area (Å²) in [5.41, 5.74) is 5.53. The minimum absolute atomic E-state index is 0.109. The molecule has 0 aliphatic rings. The van der Waals surface area contributed by atoms with E-state index in [0.29, 0.717) is 12.2 Å². The minimum Gasteiger partial charge on any atom is -0.355 e. The number of hydrogen-bond acceptors (Lipinski definition) is 3. The highest BCUT2D eigenvalue weighted by Gasteiger charge is 2.17. The van der Waals surface area contributed by atoms with Gasteiger partial charge in [0.05, 0.1) is 0 Å². The topological polar surface area (TPSA) is 45.2 Å². The average molecular weight is 345 g/mol. The summed E-state index contributed by atoms with van der Waals surface area (Å²) in [6.45, 7) is 6.68. The lowest BCUT2D eigenvalue weighted by Crippen LogP contribution is -2.31. The van der Waals surface area contributed by atoms with Crippen LogP contribution in [0, 0.1) is 13.8 Å². The van der Waals surface area contributed by atoms with Crippen molar-refractivity contribution in [1.82, 2.24) is 4.98 Å². The van der Waals surface area contributed by atoms with Crippen LogP contribution in [0.25, 0.3) is 0 Å². The molecule has 0 spiro atoms. The van der Waals surface area contributed by atoms with Crippen LogP contribution in [0.4, 0.5) is 17.1 Å². The number of hydrogen-bond donors (Lipinski definition) is 1. The fourth-order valence-corrected chi connectivity index (χ4v) is 3.03. The largest absolute Gasteiger partial charge is 0.355 e. The Bertz CT molecular complexity index is 886. The molecule has 0 fully saturated rings. The number of nitrogens with one attached hydrogen (secondary N) is 1. The van der Waals surface area contributed by atoms with Gasteiger partial charge in [-0.15, -0.1) is 0 Å². The van der Waals surface area contributed by atoms with E-state index in [0.717, 1.165) is 17.1 Å². The van der Waals surface area contributed by atoms with E-state index < -0.39 is 0 Å². The third kappa shape index (κ3) is 4.09. The van der Waals surface area contributed by atoms with E-state index in [9.17, 15) is 4.79 Å². The normalized spacial score (nSPS) is 10.4. The number of carbonyl (C=O) groups excluding carboxylic acids is 1. The third-order valence-electron chi connectivity index (χ3n) is 4.12. The number of anilines is 3. The number of aryl methyl sites for hydroxylation is 2. The molecule has 0 saturated carbocycles. The summed E-state index contributed by atoms with van der Waals surface area (Å²) in [6.07, 6.45) is 1.66. The minimum atomic E-state index is -0.109. The highest BCUT2D eigenvalue weighted by molar-refractivity contribution is 6.05. The second kappa shape index (κ2) is 7.83. The molecule has 0 saturated heterocycles. The van der Waals surface area contributed by atoms with Gasteiger partial charge in [-0.05, 0) is 68.3 Å². The van der Waals surface area contributed by atoms with E-state index in [4.69, 9.17) is 0 Å². The first-order valence-corrected chi connectivity index (χ1v) is 8.75. The molecular formula is C22H23N3O. The van der Waals surface area contributed by atoms with E-state index in [1.54, 1.807) is 17.2 Å². The maximum Gasteiger partial charge on any atom is 0.276 e. The number of pyridine rings is 1. The Kier molecular flexibility index (Phi) is 5.32. The number of rotatable bonds is 5. The van der Waals surface area contributed by atoms with Crippen LogP contribution in [-0.2, 0) is 0 Å². The quantitative estimate of drug-likeness (QED) is 0.699. The molecule has 0 radical (unpaired) electrons. The summed E-state index contributed by atoms with van der Waals surface area (Å²) in [7, 11) is 0. The Morgan fingerprint density at radius 2 is 1.65 bits per heavy atom. The maximum absolute atomic E-state index is 12.9. The molecule has 26 heavy (non-hydrogen) atoms. The molecule has 3 aromatic rings. The Balaban J connectivity index is 1.85. The van der Waals surface area contributed by atoms with E-state index in [1.807, 2.05) is 43.3 Å². The van der Waals surface area contributed by atoms with Gasteiger partial charge in [0, 0.05) is 29.8 Å². The van der Waals surface area contributed by atoms with Gasteiger partial charge in [0.15, 0.2) is 0 Å². The summed E-state index contributed by atoms with van der Waals surface area (Å²) < 4.78 is 0. The average Bonchev–Trinajstić information content (AvgIpc) is 2.62. The van der Waals surface area contributed by atoms with Crippen LogP contribution in [0.3, 0.4) is 0 Å². The summed E-state index contributed by atoms with van der Waals surface area (Å²) in [5.74, 6) is -0.109. The van der Waals surface area contributed by atoms with Gasteiger partial charge >= 0.3 is 0 Å². The first-order valence-electron chi connectivity index (χ1n) is 8.75. The van der Waals surface area contributed by atoms with Gasteiger partial charge in [-0.3, -0.25) is 9.78 Å². The number of aromatic nitrogens is 1. The van der Waals surface area contributed by atoms with Gasteiger partial charge < -0.3 is 10.2 Å². The molecule has 1 N–H and O–H groups in total. The molecule has 0 unspecified atom stereocenters. The molecule has 0 aliphatic carbocycles. The van der Waals surface area contributed by atoms with Crippen molar-refractivity contribution in [1.29, 1.82) is 0 Å². The van der Waals surface area contributed by atoms with Crippen LogP contribution in [0.5, 0.6) is 0 Å². The predicted octanol–water partition coefficient (Wildman–Crippen LogP) is 5.11. The lowest BCUT2D eigenvalue weighted by atomic mass is 10.1. The zero-order valence-electron chi connectivity index (χ0n) is 15.4. The van der Waals surface area contributed by atoms with Crippen molar-refractivity contribution in [3.8, 4) is 0 Å². The number of carbonyl (C=O) groups is 1. The van der Waals surface area contributed by atoms with Gasteiger partial charge in [-0.25, -0.2) is 0 Å². The lowest BCUT2D eigenvalue weighted by molar-refractivity contribution is 0.0983. The second-order valence-electron chi connectivity index (χ2n) is 6.32. The standard InChI is InChI=1S/C22H23N3O/c1-4-25(20-8-6-5-7-9-20)22(26)21-15-18(10-11-23-21)24-19-13-16(2)12-17(3)14-19/h5-15H,4H2,1-3H3,(H,23,24). The zero-order valence-corrected chi connectivity index (χ0v) is 15.4. The Labute approximate surface area is 154 Å². The highest BCUT2D eigenvalue weighted by Crippen LogP contribution is 2.21. The van der Waals surface area contributed by atoms with E-state index in [1.165, 1.54) is 11.1 Å². The number of amides is 1. The molecule has 0 aliphatic heterocycles. The highest BCUT2D eigenvalue weighted by atomic mass is 16.2. The van der Waals surface area contributed by atoms with Crippen molar-refractivity contribution in [3.05, 3.63) is 83.7 Å². The van der Waals surface area contributed by atoms with Gasteiger partial charge in [0.1, 0.15) is 5.69 Å². The molecular weight excluding hydrogens is 322 g/mol. The van der Waals surface area contributed by atoms with Crippen LogP contribution >= 0.6 is 0 Å². The second-order valence-corrected chi connectivity index (χ2v) is 6.32. The van der Waals surface area contributed by atoms with E-state index >= 15 is 0 Å². The van der Waals surface area contributed by atoms with Crippen LogP contribution in [0.1, 0.15) is 28.5 Å². The Morgan fingerprint density at radius 3 is 2.31 bits per heavy atom. The Hall–Kier alpha value is -3.14. The van der Waals surface area contributed by atoms with Crippen molar-refractivity contribution in [3.63, 3.8) is 0 Å². The predicted molar refractivity (Wildman–Crippen MR) is 107 cm³/mol.